The Morgan fingerprint density at radius 2 is 1.96 bits per heavy atom. The van der Waals surface area contributed by atoms with Crippen LogP contribution in [0.15, 0.2) is 23.1 Å². The number of halogens is 1. The second kappa shape index (κ2) is 6.54. The van der Waals surface area contributed by atoms with Gasteiger partial charge in [-0.05, 0) is 44.9 Å². The summed E-state index contributed by atoms with van der Waals surface area (Å²) in [6, 6.07) is 4.58. The van der Waals surface area contributed by atoms with Crippen molar-refractivity contribution in [2.24, 2.45) is 0 Å². The third-order valence-electron chi connectivity index (χ3n) is 4.51. The van der Waals surface area contributed by atoms with Gasteiger partial charge >= 0.3 is 0 Å². The van der Waals surface area contributed by atoms with Crippen LogP contribution >= 0.6 is 11.6 Å². The lowest BCUT2D eigenvalue weighted by Gasteiger charge is -2.12. The molecular weight excluding hydrogens is 398 g/mol. The summed E-state index contributed by atoms with van der Waals surface area (Å²) < 4.78 is 53.2. The molecule has 1 saturated heterocycles. The minimum Gasteiger partial charge on any atom is -0.279 e. The Hall–Kier alpha value is -1.58. The molecule has 2 heterocycles. The van der Waals surface area contributed by atoms with Gasteiger partial charge in [0.2, 0.25) is 0 Å². The zero-order valence-corrected chi connectivity index (χ0v) is 17.0. The Bertz CT molecular complexity index is 1080. The molecule has 0 spiro atoms. The summed E-state index contributed by atoms with van der Waals surface area (Å²) in [4.78, 5) is 0.0681. The summed E-state index contributed by atoms with van der Waals surface area (Å²) in [5, 5.41) is 4.77. The van der Waals surface area contributed by atoms with Crippen LogP contribution in [0.1, 0.15) is 29.4 Å². The second-order valence-corrected chi connectivity index (χ2v) is 10.8. The number of sulfone groups is 1. The lowest BCUT2D eigenvalue weighted by molar-refractivity contribution is 0.484. The fourth-order valence-electron chi connectivity index (χ4n) is 3.22. The van der Waals surface area contributed by atoms with Crippen molar-refractivity contribution >= 4 is 37.1 Å². The highest BCUT2D eigenvalue weighted by Gasteiger charge is 2.33. The van der Waals surface area contributed by atoms with E-state index in [9.17, 15) is 16.8 Å². The average molecular weight is 418 g/mol. The summed E-state index contributed by atoms with van der Waals surface area (Å²) in [6.45, 7) is 5.07. The van der Waals surface area contributed by atoms with Crippen LogP contribution < -0.4 is 4.72 Å². The van der Waals surface area contributed by atoms with Crippen LogP contribution in [-0.4, -0.2) is 38.1 Å². The van der Waals surface area contributed by atoms with Crippen molar-refractivity contribution in [3.8, 4) is 0 Å². The molecular formula is C16H20ClN3O4S2. The van der Waals surface area contributed by atoms with Crippen LogP contribution in [0.4, 0.5) is 5.69 Å². The van der Waals surface area contributed by atoms with Gasteiger partial charge in [0.05, 0.1) is 34.6 Å². The highest BCUT2D eigenvalue weighted by molar-refractivity contribution is 7.92. The van der Waals surface area contributed by atoms with E-state index >= 15 is 0 Å². The largest absolute Gasteiger partial charge is 0.279 e. The molecule has 0 amide bonds. The standard InChI is InChI=1S/C16H20ClN3O4S2/c1-10-4-5-13(8-15(10)17)19-26(23,24)16-11(2)18-20(12(16)3)14-6-7-25(21,22)9-14/h4-5,8,14,19H,6-7,9H2,1-3H3. The number of sulfonamides is 1. The van der Waals surface area contributed by atoms with Crippen molar-refractivity contribution in [1.82, 2.24) is 9.78 Å². The van der Waals surface area contributed by atoms with Crippen molar-refractivity contribution < 1.29 is 16.8 Å². The van der Waals surface area contributed by atoms with Crippen LogP contribution in [-0.2, 0) is 19.9 Å². The number of aryl methyl sites for hydroxylation is 2. The first-order valence-corrected chi connectivity index (χ1v) is 11.7. The van der Waals surface area contributed by atoms with E-state index in [-0.39, 0.29) is 22.4 Å². The highest BCUT2D eigenvalue weighted by atomic mass is 35.5. The molecule has 1 aliphatic heterocycles. The summed E-state index contributed by atoms with van der Waals surface area (Å²) in [5.41, 5.74) is 1.96. The third-order valence-corrected chi connectivity index (χ3v) is 8.30. The van der Waals surface area contributed by atoms with E-state index in [1.54, 1.807) is 32.0 Å². The molecule has 0 aliphatic carbocycles. The van der Waals surface area contributed by atoms with E-state index in [1.807, 2.05) is 6.92 Å². The van der Waals surface area contributed by atoms with Crippen LogP contribution in [0.2, 0.25) is 5.02 Å². The smallest absolute Gasteiger partial charge is 0.265 e. The Labute approximate surface area is 158 Å². The fraction of sp³-hybridized carbons (Fsp3) is 0.438. The minimum atomic E-state index is -3.88. The van der Waals surface area contributed by atoms with Gasteiger partial charge in [0, 0.05) is 5.02 Å². The van der Waals surface area contributed by atoms with Gasteiger partial charge in [-0.3, -0.25) is 9.40 Å². The molecule has 1 fully saturated rings. The summed E-state index contributed by atoms with van der Waals surface area (Å²) in [7, 11) is -6.98. The number of rotatable bonds is 4. The van der Waals surface area contributed by atoms with Crippen molar-refractivity contribution in [2.45, 2.75) is 38.1 Å². The second-order valence-electron chi connectivity index (χ2n) is 6.57. The van der Waals surface area contributed by atoms with Gasteiger partial charge in [0.25, 0.3) is 10.0 Å². The maximum absolute atomic E-state index is 12.9. The third kappa shape index (κ3) is 3.60. The fourth-order valence-corrected chi connectivity index (χ4v) is 6.55. The number of aromatic nitrogens is 2. The number of nitrogens with one attached hydrogen (secondary N) is 1. The molecule has 0 saturated carbocycles. The zero-order valence-electron chi connectivity index (χ0n) is 14.7. The molecule has 7 nitrogen and oxygen atoms in total. The lowest BCUT2D eigenvalue weighted by Crippen LogP contribution is -2.17. The zero-order chi connectivity index (χ0) is 19.3. The first kappa shape index (κ1) is 19.2. The topological polar surface area (TPSA) is 98.1 Å². The first-order chi connectivity index (χ1) is 12.0. The maximum Gasteiger partial charge on any atom is 0.265 e. The molecule has 1 N–H and O–H groups in total. The van der Waals surface area contributed by atoms with Crippen LogP contribution in [0, 0.1) is 20.8 Å². The number of nitrogens with zero attached hydrogens (tertiary/aromatic N) is 2. The molecule has 142 valence electrons. The predicted octanol–water partition coefficient (Wildman–Crippen LogP) is 2.62. The molecule has 1 aliphatic rings. The molecule has 2 aromatic rings. The highest BCUT2D eigenvalue weighted by Crippen LogP contribution is 2.30. The average Bonchev–Trinajstić information content (AvgIpc) is 3.02. The molecule has 1 aromatic heterocycles. The van der Waals surface area contributed by atoms with Crippen molar-refractivity contribution in [1.29, 1.82) is 0 Å². The molecule has 0 radical (unpaired) electrons. The lowest BCUT2D eigenvalue weighted by atomic mass is 10.2. The normalized spacial score (nSPS) is 19.6. The van der Waals surface area contributed by atoms with Crippen molar-refractivity contribution in [3.05, 3.63) is 40.2 Å². The Kier molecular flexibility index (Phi) is 4.83. The van der Waals surface area contributed by atoms with Gasteiger partial charge in [-0.1, -0.05) is 17.7 Å². The van der Waals surface area contributed by atoms with E-state index in [4.69, 9.17) is 11.6 Å². The van der Waals surface area contributed by atoms with E-state index in [1.165, 1.54) is 4.68 Å². The van der Waals surface area contributed by atoms with Gasteiger partial charge in [0.15, 0.2) is 9.84 Å². The van der Waals surface area contributed by atoms with Gasteiger partial charge in [0.1, 0.15) is 4.90 Å². The van der Waals surface area contributed by atoms with Gasteiger partial charge < -0.3 is 0 Å². The molecule has 1 unspecified atom stereocenters. The Morgan fingerprint density at radius 1 is 1.27 bits per heavy atom. The van der Waals surface area contributed by atoms with E-state index in [0.29, 0.717) is 28.5 Å². The number of benzene rings is 1. The minimum absolute atomic E-state index is 0.0184. The maximum atomic E-state index is 12.9. The van der Waals surface area contributed by atoms with Crippen molar-refractivity contribution in [2.75, 3.05) is 16.2 Å². The Morgan fingerprint density at radius 3 is 2.54 bits per heavy atom. The molecule has 10 heteroatoms. The summed E-state index contributed by atoms with van der Waals surface area (Å²) in [5.74, 6) is 0.0770. The number of anilines is 1. The summed E-state index contributed by atoms with van der Waals surface area (Å²) in [6.07, 6.45) is 0.435. The monoisotopic (exact) mass is 417 g/mol. The van der Waals surface area contributed by atoms with E-state index in [0.717, 1.165) is 5.56 Å². The Balaban J connectivity index is 1.96. The van der Waals surface area contributed by atoms with Gasteiger partial charge in [-0.2, -0.15) is 5.10 Å². The van der Waals surface area contributed by atoms with E-state index in [2.05, 4.69) is 9.82 Å². The quantitative estimate of drug-likeness (QED) is 0.824. The summed E-state index contributed by atoms with van der Waals surface area (Å²) >= 11 is 6.06. The predicted molar refractivity (Wildman–Crippen MR) is 101 cm³/mol. The van der Waals surface area contributed by atoms with Gasteiger partial charge in [-0.15, -0.1) is 0 Å². The molecule has 0 bridgehead atoms. The van der Waals surface area contributed by atoms with Crippen molar-refractivity contribution in [3.63, 3.8) is 0 Å². The van der Waals surface area contributed by atoms with E-state index < -0.39 is 19.9 Å². The molecule has 1 aromatic carbocycles. The molecule has 26 heavy (non-hydrogen) atoms. The van der Waals surface area contributed by atoms with Crippen LogP contribution in [0.3, 0.4) is 0 Å². The molecule has 3 rings (SSSR count). The SMILES string of the molecule is Cc1ccc(NS(=O)(=O)c2c(C)nn(C3CCS(=O)(=O)C3)c2C)cc1Cl. The van der Waals surface area contributed by atoms with Gasteiger partial charge in [-0.25, -0.2) is 16.8 Å². The van der Waals surface area contributed by atoms with Crippen LogP contribution in [0.5, 0.6) is 0 Å². The number of hydrogen-bond donors (Lipinski definition) is 1. The van der Waals surface area contributed by atoms with Crippen LogP contribution in [0.25, 0.3) is 0 Å². The first-order valence-electron chi connectivity index (χ1n) is 8.05. The molecule has 1 atom stereocenters. The number of hydrogen-bond acceptors (Lipinski definition) is 5.